The van der Waals surface area contributed by atoms with E-state index in [4.69, 9.17) is 21.8 Å². The van der Waals surface area contributed by atoms with E-state index in [1.165, 1.54) is 18.7 Å². The average Bonchev–Trinajstić information content (AvgIpc) is 3.21. The monoisotopic (exact) mass is 387 g/mol. The van der Waals surface area contributed by atoms with Crippen LogP contribution >= 0.6 is 11.6 Å². The molecule has 3 rings (SSSR count). The summed E-state index contributed by atoms with van der Waals surface area (Å²) in [6, 6.07) is 9.41. The van der Waals surface area contributed by atoms with Gasteiger partial charge in [-0.2, -0.15) is 0 Å². The summed E-state index contributed by atoms with van der Waals surface area (Å²) < 4.78 is 4.97. The van der Waals surface area contributed by atoms with Crippen molar-refractivity contribution in [3.8, 4) is 0 Å². The standard InChI is InChI=1S/C16H14ClN7O3/c17-10-5-3-9(4-6-10)15(25)23-21-13-12(18)14(20-8-19-13)22-24-16(26)11-2-1-7-27-11/h1-8H,18H2,(H,23,25)(H,24,26)(H2,19,20,21,22). The molecule has 2 heterocycles. The second-order valence-corrected chi connectivity index (χ2v) is 5.56. The number of hydrazine groups is 2. The van der Waals surface area contributed by atoms with Crippen molar-refractivity contribution in [1.82, 2.24) is 20.8 Å². The minimum atomic E-state index is -0.511. The molecule has 0 saturated heterocycles. The van der Waals surface area contributed by atoms with Crippen LogP contribution < -0.4 is 27.4 Å². The summed E-state index contributed by atoms with van der Waals surface area (Å²) in [7, 11) is 0. The summed E-state index contributed by atoms with van der Waals surface area (Å²) in [6.07, 6.45) is 2.58. The molecule has 0 bridgehead atoms. The Morgan fingerprint density at radius 2 is 1.59 bits per heavy atom. The molecule has 2 amide bonds. The number of halogens is 1. The van der Waals surface area contributed by atoms with Gasteiger partial charge in [0.25, 0.3) is 5.91 Å². The fraction of sp³-hybridized carbons (Fsp3) is 0. The highest BCUT2D eigenvalue weighted by Crippen LogP contribution is 2.21. The van der Waals surface area contributed by atoms with Gasteiger partial charge >= 0.3 is 5.91 Å². The van der Waals surface area contributed by atoms with Crippen molar-refractivity contribution >= 4 is 40.7 Å². The van der Waals surface area contributed by atoms with Gasteiger partial charge in [-0.15, -0.1) is 0 Å². The summed E-state index contributed by atoms with van der Waals surface area (Å²) in [5.74, 6) is -0.534. The number of nitrogens with two attached hydrogens (primary N) is 1. The molecule has 0 radical (unpaired) electrons. The highest BCUT2D eigenvalue weighted by atomic mass is 35.5. The lowest BCUT2D eigenvalue weighted by Crippen LogP contribution is -2.32. The number of carbonyl (C=O) groups is 2. The second kappa shape index (κ2) is 8.06. The molecule has 3 aromatic rings. The quantitative estimate of drug-likeness (QED) is 0.402. The summed E-state index contributed by atoms with van der Waals surface area (Å²) >= 11 is 5.79. The molecule has 0 spiro atoms. The second-order valence-electron chi connectivity index (χ2n) is 5.13. The molecule has 11 heteroatoms. The molecule has 6 N–H and O–H groups in total. The number of carbonyl (C=O) groups excluding carboxylic acids is 2. The lowest BCUT2D eigenvalue weighted by Gasteiger charge is -2.13. The third-order valence-electron chi connectivity index (χ3n) is 3.32. The SMILES string of the molecule is Nc1c(NNC(=O)c2ccc(Cl)cc2)ncnc1NNC(=O)c1ccco1. The van der Waals surface area contributed by atoms with Gasteiger partial charge in [0.1, 0.15) is 12.0 Å². The molecule has 0 aliphatic heterocycles. The van der Waals surface area contributed by atoms with Crippen molar-refractivity contribution in [3.05, 3.63) is 65.3 Å². The largest absolute Gasteiger partial charge is 0.459 e. The number of anilines is 3. The number of furan rings is 1. The molecular formula is C16H14ClN7O3. The van der Waals surface area contributed by atoms with E-state index in [-0.39, 0.29) is 23.1 Å². The van der Waals surface area contributed by atoms with E-state index in [1.807, 2.05) is 0 Å². The van der Waals surface area contributed by atoms with Crippen LogP contribution in [0.1, 0.15) is 20.9 Å². The van der Waals surface area contributed by atoms with Gasteiger partial charge in [-0.3, -0.25) is 31.3 Å². The van der Waals surface area contributed by atoms with Crippen LogP contribution in [0.2, 0.25) is 5.02 Å². The number of hydrogen-bond donors (Lipinski definition) is 5. The molecule has 138 valence electrons. The molecule has 27 heavy (non-hydrogen) atoms. The Kier molecular flexibility index (Phi) is 5.38. The van der Waals surface area contributed by atoms with Gasteiger partial charge in [0.05, 0.1) is 6.26 Å². The molecule has 0 unspecified atom stereocenters. The zero-order valence-electron chi connectivity index (χ0n) is 13.7. The van der Waals surface area contributed by atoms with Crippen molar-refractivity contribution in [2.24, 2.45) is 0 Å². The van der Waals surface area contributed by atoms with Gasteiger partial charge in [0, 0.05) is 10.6 Å². The van der Waals surface area contributed by atoms with E-state index in [0.717, 1.165) is 0 Å². The van der Waals surface area contributed by atoms with Gasteiger partial charge in [-0.1, -0.05) is 11.6 Å². The number of nitrogens with one attached hydrogen (secondary N) is 4. The summed E-state index contributed by atoms with van der Waals surface area (Å²) in [5.41, 5.74) is 16.4. The topological polar surface area (TPSA) is 147 Å². The normalized spacial score (nSPS) is 10.1. The maximum absolute atomic E-state index is 12.1. The Labute approximate surface area is 158 Å². The lowest BCUT2D eigenvalue weighted by molar-refractivity contribution is 0.0933. The van der Waals surface area contributed by atoms with Crippen molar-refractivity contribution in [3.63, 3.8) is 0 Å². The van der Waals surface area contributed by atoms with E-state index in [9.17, 15) is 9.59 Å². The zero-order chi connectivity index (χ0) is 19.2. The Morgan fingerprint density at radius 3 is 2.19 bits per heavy atom. The van der Waals surface area contributed by atoms with Crippen molar-refractivity contribution in [2.75, 3.05) is 16.6 Å². The number of hydrogen-bond acceptors (Lipinski definition) is 8. The summed E-state index contributed by atoms with van der Waals surface area (Å²) in [4.78, 5) is 31.8. The van der Waals surface area contributed by atoms with Gasteiger partial charge in [-0.25, -0.2) is 9.97 Å². The van der Waals surface area contributed by atoms with Crippen molar-refractivity contribution in [2.45, 2.75) is 0 Å². The van der Waals surface area contributed by atoms with Crippen molar-refractivity contribution < 1.29 is 14.0 Å². The molecule has 0 fully saturated rings. The lowest BCUT2D eigenvalue weighted by atomic mass is 10.2. The van der Waals surface area contributed by atoms with Crippen LogP contribution in [0.25, 0.3) is 0 Å². The molecule has 1 aromatic carbocycles. The molecule has 0 saturated carbocycles. The first-order chi connectivity index (χ1) is 13.0. The molecule has 0 aliphatic carbocycles. The van der Waals surface area contributed by atoms with Crippen LogP contribution in [0.5, 0.6) is 0 Å². The van der Waals surface area contributed by atoms with Crippen LogP contribution in [0.4, 0.5) is 17.3 Å². The number of nitrogen functional groups attached to an aromatic ring is 1. The van der Waals surface area contributed by atoms with Gasteiger partial charge in [0.2, 0.25) is 0 Å². The highest BCUT2D eigenvalue weighted by Gasteiger charge is 2.12. The zero-order valence-corrected chi connectivity index (χ0v) is 14.4. The highest BCUT2D eigenvalue weighted by molar-refractivity contribution is 6.30. The minimum absolute atomic E-state index is 0.0775. The van der Waals surface area contributed by atoms with Gasteiger partial charge in [0.15, 0.2) is 17.4 Å². The minimum Gasteiger partial charge on any atom is -0.459 e. The van der Waals surface area contributed by atoms with Gasteiger partial charge in [-0.05, 0) is 36.4 Å². The van der Waals surface area contributed by atoms with E-state index in [2.05, 4.69) is 31.7 Å². The van der Waals surface area contributed by atoms with Crippen molar-refractivity contribution in [1.29, 1.82) is 0 Å². The maximum atomic E-state index is 12.1. The Bertz CT molecular complexity index is 945. The molecule has 0 atom stereocenters. The first-order valence-corrected chi connectivity index (χ1v) is 7.94. The molecule has 0 aliphatic rings. The van der Waals surface area contributed by atoms with E-state index >= 15 is 0 Å². The maximum Gasteiger partial charge on any atom is 0.305 e. The smallest absolute Gasteiger partial charge is 0.305 e. The van der Waals surface area contributed by atoms with Gasteiger partial charge < -0.3 is 10.2 Å². The Hall–Kier alpha value is -3.79. The predicted octanol–water partition coefficient (Wildman–Crippen LogP) is 1.82. The fourth-order valence-electron chi connectivity index (χ4n) is 1.97. The van der Waals surface area contributed by atoms with Crippen LogP contribution in [0, 0.1) is 0 Å². The number of nitrogens with zero attached hydrogens (tertiary/aromatic N) is 2. The van der Waals surface area contributed by atoms with Crippen LogP contribution in [0.3, 0.4) is 0 Å². The van der Waals surface area contributed by atoms with Crippen LogP contribution in [-0.2, 0) is 0 Å². The number of aromatic nitrogens is 2. The molecule has 2 aromatic heterocycles. The first-order valence-electron chi connectivity index (χ1n) is 7.57. The van der Waals surface area contributed by atoms with Crippen LogP contribution in [0.15, 0.2) is 53.4 Å². The van der Waals surface area contributed by atoms with E-state index in [0.29, 0.717) is 10.6 Å². The van der Waals surface area contributed by atoms with E-state index in [1.54, 1.807) is 30.3 Å². The number of amides is 2. The molecular weight excluding hydrogens is 374 g/mol. The third kappa shape index (κ3) is 4.44. The molecule has 10 nitrogen and oxygen atoms in total. The predicted molar refractivity (Wildman–Crippen MR) is 98.8 cm³/mol. The Morgan fingerprint density at radius 1 is 0.963 bits per heavy atom. The summed E-state index contributed by atoms with van der Waals surface area (Å²) in [6.45, 7) is 0. The third-order valence-corrected chi connectivity index (χ3v) is 3.58. The average molecular weight is 388 g/mol. The summed E-state index contributed by atoms with van der Waals surface area (Å²) in [5, 5.41) is 0.520. The number of benzene rings is 1. The van der Waals surface area contributed by atoms with E-state index < -0.39 is 11.8 Å². The van der Waals surface area contributed by atoms with Crippen LogP contribution in [-0.4, -0.2) is 21.8 Å². The Balaban J connectivity index is 1.61. The fourth-order valence-corrected chi connectivity index (χ4v) is 2.10. The number of rotatable bonds is 6. The first kappa shape index (κ1) is 18.0.